The molecule has 15 nitrogen and oxygen atoms in total. The van der Waals surface area contributed by atoms with Crippen molar-refractivity contribution in [2.24, 2.45) is 53.3 Å². The van der Waals surface area contributed by atoms with Gasteiger partial charge in [-0.15, -0.1) is 0 Å². The maximum Gasteiger partial charge on any atom is 0.336 e. The minimum Gasteiger partial charge on any atom is -0.465 e. The fourth-order valence-corrected chi connectivity index (χ4v) is 12.0. The topological polar surface area (TPSA) is 182 Å². The van der Waals surface area contributed by atoms with Crippen molar-refractivity contribution in [2.75, 3.05) is 19.8 Å². The number of fused-ring (bicyclic) bond motifs is 15. The summed E-state index contributed by atoms with van der Waals surface area (Å²) < 4.78 is 36.8. The monoisotopic (exact) mass is 753 g/mol. The molecule has 15 heteroatoms. The second-order valence-electron chi connectivity index (χ2n) is 17.8. The maximum atomic E-state index is 13.6. The van der Waals surface area contributed by atoms with Crippen LogP contribution in [0.4, 0.5) is 0 Å². The largest absolute Gasteiger partial charge is 0.465 e. The van der Waals surface area contributed by atoms with Gasteiger partial charge in [0.2, 0.25) is 0 Å². The molecule has 15 atom stereocenters. The molecule has 6 saturated carbocycles. The molecular formula is C39H51N3O12. The molecule has 3 saturated heterocycles. The van der Waals surface area contributed by atoms with Crippen molar-refractivity contribution in [2.45, 2.75) is 133 Å². The Morgan fingerprint density at radius 2 is 0.759 bits per heavy atom. The average molecular weight is 754 g/mol. The van der Waals surface area contributed by atoms with Crippen LogP contribution in [-0.4, -0.2) is 88.1 Å². The summed E-state index contributed by atoms with van der Waals surface area (Å²) >= 11 is 0. The number of carbonyl (C=O) groups excluding carboxylic acids is 3. The number of aromatic nitrogens is 3. The highest BCUT2D eigenvalue weighted by Gasteiger charge is 2.65. The molecule has 10 rings (SSSR count). The van der Waals surface area contributed by atoms with Crippen LogP contribution in [0.2, 0.25) is 0 Å². The van der Waals surface area contributed by atoms with E-state index < -0.39 is 35.0 Å². The molecule has 9 aliphatic rings. The van der Waals surface area contributed by atoms with Gasteiger partial charge >= 0.3 is 35.0 Å². The zero-order chi connectivity index (χ0) is 36.8. The van der Waals surface area contributed by atoms with E-state index in [2.05, 4.69) is 0 Å². The molecule has 1 aromatic rings. The first kappa shape index (κ1) is 35.1. The van der Waals surface area contributed by atoms with E-state index in [9.17, 15) is 28.8 Å². The summed E-state index contributed by atoms with van der Waals surface area (Å²) in [5, 5.41) is 0. The Bertz CT molecular complexity index is 1630. The molecular weight excluding hydrogens is 702 g/mol. The van der Waals surface area contributed by atoms with Crippen molar-refractivity contribution >= 4 is 17.9 Å². The predicted octanol–water partition coefficient (Wildman–Crippen LogP) is 1.41. The minimum atomic E-state index is -0.794. The van der Waals surface area contributed by atoms with Crippen molar-refractivity contribution < 1.29 is 42.8 Å². The second-order valence-corrected chi connectivity index (χ2v) is 17.8. The molecule has 1 aromatic heterocycles. The molecule has 3 aliphatic heterocycles. The number of nitrogens with zero attached hydrogens (tertiary/aromatic N) is 3. The van der Waals surface area contributed by atoms with Crippen LogP contribution in [0, 0.1) is 53.3 Å². The van der Waals surface area contributed by atoms with Crippen molar-refractivity contribution in [1.82, 2.24) is 13.7 Å². The molecule has 294 valence electrons. The van der Waals surface area contributed by atoms with Crippen LogP contribution >= 0.6 is 0 Å². The number of hydrogen-bond acceptors (Lipinski definition) is 12. The molecule has 0 amide bonds. The SMILES string of the molecule is O=C(CCCn1c(=O)n(CCCC(=O)OCC2CC3CC2C2OC32)c(=O)n(CCCC(=O)OCC2CC3CC2C2OC32)c1=O)OCC1CC2CC1C1OC21. The molecule has 0 N–H and O–H groups in total. The smallest absolute Gasteiger partial charge is 0.336 e. The first-order valence-electron chi connectivity index (χ1n) is 20.6. The van der Waals surface area contributed by atoms with Gasteiger partial charge < -0.3 is 28.4 Å². The van der Waals surface area contributed by atoms with E-state index in [1.807, 2.05) is 0 Å². The first-order chi connectivity index (χ1) is 26.2. The van der Waals surface area contributed by atoms with Gasteiger partial charge in [-0.1, -0.05) is 0 Å². The lowest BCUT2D eigenvalue weighted by molar-refractivity contribution is -0.146. The number of ether oxygens (including phenoxy) is 6. The fraction of sp³-hybridized carbons (Fsp3) is 0.846. The Labute approximate surface area is 311 Å². The zero-order valence-corrected chi connectivity index (χ0v) is 30.6. The van der Waals surface area contributed by atoms with Gasteiger partial charge in [0.15, 0.2) is 0 Å². The predicted molar refractivity (Wildman–Crippen MR) is 185 cm³/mol. The summed E-state index contributed by atoms with van der Waals surface area (Å²) in [7, 11) is 0. The highest BCUT2D eigenvalue weighted by molar-refractivity contribution is 5.70. The molecule has 15 unspecified atom stereocenters. The molecule has 0 spiro atoms. The van der Waals surface area contributed by atoms with E-state index >= 15 is 0 Å². The van der Waals surface area contributed by atoms with Crippen LogP contribution in [0.15, 0.2) is 14.4 Å². The van der Waals surface area contributed by atoms with Gasteiger partial charge in [-0.25, -0.2) is 28.1 Å². The van der Waals surface area contributed by atoms with Crippen molar-refractivity contribution in [3.8, 4) is 0 Å². The molecule has 6 aliphatic carbocycles. The summed E-state index contributed by atoms with van der Waals surface area (Å²) in [6.07, 6.45) is 9.21. The van der Waals surface area contributed by atoms with E-state index in [1.54, 1.807) is 0 Å². The molecule has 4 heterocycles. The third-order valence-corrected chi connectivity index (χ3v) is 14.8. The quantitative estimate of drug-likeness (QED) is 0.120. The summed E-state index contributed by atoms with van der Waals surface area (Å²) in [6, 6.07) is 0. The molecule has 54 heavy (non-hydrogen) atoms. The average Bonchev–Trinajstić information content (AvgIpc) is 4.11. The van der Waals surface area contributed by atoms with Gasteiger partial charge in [-0.3, -0.25) is 14.4 Å². The van der Waals surface area contributed by atoms with Crippen molar-refractivity contribution in [3.05, 3.63) is 31.5 Å². The highest BCUT2D eigenvalue weighted by Crippen LogP contribution is 2.60. The Balaban J connectivity index is 0.740. The van der Waals surface area contributed by atoms with Crippen LogP contribution in [0.3, 0.4) is 0 Å². The number of hydrogen-bond donors (Lipinski definition) is 0. The lowest BCUT2D eigenvalue weighted by atomic mass is 9.89. The molecule has 9 fully saturated rings. The third-order valence-electron chi connectivity index (χ3n) is 14.8. The zero-order valence-electron chi connectivity index (χ0n) is 30.6. The van der Waals surface area contributed by atoms with E-state index in [0.29, 0.717) is 110 Å². The van der Waals surface area contributed by atoms with Crippen LogP contribution in [0.5, 0.6) is 0 Å². The van der Waals surface area contributed by atoms with E-state index in [0.717, 1.165) is 52.2 Å². The molecule has 0 aromatic carbocycles. The number of rotatable bonds is 18. The van der Waals surface area contributed by atoms with E-state index in [4.69, 9.17) is 28.4 Å². The molecule has 6 bridgehead atoms. The fourth-order valence-electron chi connectivity index (χ4n) is 12.0. The van der Waals surface area contributed by atoms with Gasteiger partial charge in [-0.05, 0) is 111 Å². The van der Waals surface area contributed by atoms with Gasteiger partial charge in [-0.2, -0.15) is 0 Å². The lowest BCUT2D eigenvalue weighted by Crippen LogP contribution is -2.54. The first-order valence-corrected chi connectivity index (χ1v) is 20.6. The van der Waals surface area contributed by atoms with Gasteiger partial charge in [0.05, 0.1) is 56.4 Å². The summed E-state index contributed by atoms with van der Waals surface area (Å²) in [6.45, 7) is 0.781. The van der Waals surface area contributed by atoms with Crippen LogP contribution < -0.4 is 17.1 Å². The highest BCUT2D eigenvalue weighted by atomic mass is 16.6. The molecule has 0 radical (unpaired) electrons. The van der Waals surface area contributed by atoms with Gasteiger partial charge in [0.1, 0.15) is 0 Å². The number of epoxide rings is 3. The lowest BCUT2D eigenvalue weighted by Gasteiger charge is -2.19. The summed E-state index contributed by atoms with van der Waals surface area (Å²) in [4.78, 5) is 78.7. The number of carbonyl (C=O) groups is 3. The number of esters is 3. The normalized spacial score (nSPS) is 40.3. The van der Waals surface area contributed by atoms with Gasteiger partial charge in [0.25, 0.3) is 0 Å². The Morgan fingerprint density at radius 1 is 0.463 bits per heavy atom. The Kier molecular flexibility index (Phi) is 8.93. The standard InChI is InChI=1S/C39H51N3O12/c43-28(49-16-22-10-19-13-25(22)34-31(19)52-34)4-1-7-40-37(46)41(8-2-5-29(44)50-17-23-11-20-14-26(23)35-32(20)53-35)39(48)42(38(40)47)9-3-6-30(45)51-18-24-12-21-15-27(24)36-33(21)54-36/h19-27,31-36H,1-18H2. The second kappa shape index (κ2) is 13.7. The Hall–Kier alpha value is -3.30. The van der Waals surface area contributed by atoms with Crippen molar-refractivity contribution in [1.29, 1.82) is 0 Å². The maximum absolute atomic E-state index is 13.6. The van der Waals surface area contributed by atoms with Crippen LogP contribution in [0.25, 0.3) is 0 Å². The Morgan fingerprint density at radius 3 is 1.02 bits per heavy atom. The summed E-state index contributed by atoms with van der Waals surface area (Å²) in [5.41, 5.74) is -2.38. The van der Waals surface area contributed by atoms with E-state index in [-0.39, 0.29) is 58.2 Å². The van der Waals surface area contributed by atoms with E-state index in [1.165, 1.54) is 0 Å². The summed E-state index contributed by atoms with van der Waals surface area (Å²) in [5.74, 6) is 2.85. The third kappa shape index (κ3) is 6.39. The van der Waals surface area contributed by atoms with Gasteiger partial charge in [0, 0.05) is 38.9 Å². The van der Waals surface area contributed by atoms with Crippen molar-refractivity contribution in [3.63, 3.8) is 0 Å². The minimum absolute atomic E-state index is 0.0122. The van der Waals surface area contributed by atoms with Crippen LogP contribution in [0.1, 0.15) is 77.0 Å². The van der Waals surface area contributed by atoms with Crippen LogP contribution in [-0.2, 0) is 62.4 Å².